The van der Waals surface area contributed by atoms with Gasteiger partial charge in [0.1, 0.15) is 48.8 Å². The lowest BCUT2D eigenvalue weighted by atomic mass is 9.40. The van der Waals surface area contributed by atoms with E-state index < -0.39 is 108 Å². The molecule has 6 fully saturated rings. The molecular formula is C34H54O15. The van der Waals surface area contributed by atoms with Gasteiger partial charge in [-0.1, -0.05) is 32.9 Å². The first kappa shape index (κ1) is 37.6. The Balaban J connectivity index is 1.16. The molecule has 0 aromatic heterocycles. The fraction of sp³-hybridized carbons (Fsp3) is 0.912. The smallest absolute Gasteiger partial charge is 0.196 e. The van der Waals surface area contributed by atoms with Gasteiger partial charge < -0.3 is 70.0 Å². The Morgan fingerprint density at radius 3 is 2.24 bits per heavy atom. The number of methoxy groups -OCH3 is 1. The van der Waals surface area contributed by atoms with Crippen molar-refractivity contribution in [2.75, 3.05) is 20.3 Å². The molecule has 15 heteroatoms. The molecule has 2 saturated heterocycles. The van der Waals surface area contributed by atoms with Crippen molar-refractivity contribution in [3.05, 3.63) is 12.2 Å². The van der Waals surface area contributed by atoms with Gasteiger partial charge in [-0.3, -0.25) is 4.79 Å². The van der Waals surface area contributed by atoms with Crippen LogP contribution in [0.4, 0.5) is 0 Å². The van der Waals surface area contributed by atoms with Crippen molar-refractivity contribution in [2.45, 2.75) is 132 Å². The molecule has 0 unspecified atom stereocenters. The fourth-order valence-corrected chi connectivity index (χ4v) is 11.3. The summed E-state index contributed by atoms with van der Waals surface area (Å²) in [5, 5.41) is 106. The summed E-state index contributed by atoms with van der Waals surface area (Å²) in [6.07, 6.45) is -14.4. The zero-order valence-electron chi connectivity index (χ0n) is 28.4. The quantitative estimate of drug-likeness (QED) is 0.116. The maximum atomic E-state index is 13.8. The summed E-state index contributed by atoms with van der Waals surface area (Å²) in [5.41, 5.74) is -4.24. The number of fused-ring (bicyclic) bond motifs is 7. The highest BCUT2D eigenvalue weighted by atomic mass is 16.7. The molecule has 4 aliphatic carbocycles. The minimum absolute atomic E-state index is 0.0457. The molecule has 0 bridgehead atoms. The first-order chi connectivity index (χ1) is 22.9. The van der Waals surface area contributed by atoms with Crippen LogP contribution in [0.3, 0.4) is 0 Å². The summed E-state index contributed by atoms with van der Waals surface area (Å²) in [6, 6.07) is 0. The summed E-state index contributed by atoms with van der Waals surface area (Å²) < 4.78 is 23.9. The number of carbonyl (C=O) groups excluding carboxylic acids is 1. The minimum atomic E-state index is -2.67. The van der Waals surface area contributed by atoms with Gasteiger partial charge in [0.25, 0.3) is 0 Å². The van der Waals surface area contributed by atoms with Crippen LogP contribution in [-0.2, 0) is 23.7 Å². The van der Waals surface area contributed by atoms with Gasteiger partial charge in [0, 0.05) is 24.9 Å². The number of rotatable bonds is 8. The second-order valence-corrected chi connectivity index (χ2v) is 16.0. The van der Waals surface area contributed by atoms with E-state index in [4.69, 9.17) is 18.9 Å². The predicted octanol–water partition coefficient (Wildman–Crippen LogP) is -2.68. The van der Waals surface area contributed by atoms with Gasteiger partial charge in [0.15, 0.2) is 23.5 Å². The number of ketones is 1. The molecule has 0 aromatic rings. The van der Waals surface area contributed by atoms with Gasteiger partial charge in [0.2, 0.25) is 0 Å². The molecular weight excluding hydrogens is 648 g/mol. The largest absolute Gasteiger partial charge is 0.394 e. The molecule has 0 spiro atoms. The third kappa shape index (κ3) is 5.03. The van der Waals surface area contributed by atoms with E-state index in [0.29, 0.717) is 37.7 Å². The molecule has 0 radical (unpaired) electrons. The first-order valence-corrected chi connectivity index (χ1v) is 17.4. The highest BCUT2D eigenvalue weighted by Crippen LogP contribution is 2.71. The standard InChI is InChI=1S/C34H54O15/c1-13(12-47-30-26(41)23(38)21(36)18(11-35)48-30)6-9-33(46-5)14(2)20-17(49-33)10-16-19-15(7-8-31(16,20)3)32(4)27(42)24(39)25(40)29(44)34(32,45)28(43)22(19)37/h14-27,29-30,35-42,44-45H,1,6-12H2,2-5H3/t14-,15-,16-,17-,18+,19+,20-,21+,22-,23-,24+,25-,26+,27+,29-,30+,31-,32-,33+,34-/m0/s1. The number of Topliss-reactive ketones (excluding diaryl/α,β-unsaturated/α-hetero) is 1. The molecule has 280 valence electrons. The van der Waals surface area contributed by atoms with Crippen LogP contribution >= 0.6 is 0 Å². The molecule has 6 aliphatic rings. The maximum absolute atomic E-state index is 13.8. The summed E-state index contributed by atoms with van der Waals surface area (Å²) >= 11 is 0. The highest BCUT2D eigenvalue weighted by Gasteiger charge is 2.78. The third-order valence-corrected chi connectivity index (χ3v) is 14.1. The van der Waals surface area contributed by atoms with Crippen LogP contribution < -0.4 is 0 Å². The highest BCUT2D eigenvalue weighted by molar-refractivity contribution is 5.94. The molecule has 15 nitrogen and oxygen atoms in total. The normalized spacial score (nSPS) is 56.9. The van der Waals surface area contributed by atoms with E-state index in [2.05, 4.69) is 13.5 Å². The number of ether oxygens (including phenoxy) is 4. The number of hydrogen-bond donors (Lipinski definition) is 10. The molecule has 0 aromatic carbocycles. The van der Waals surface area contributed by atoms with Gasteiger partial charge in [-0.15, -0.1) is 0 Å². The molecule has 10 N–H and O–H groups in total. The molecule has 2 aliphatic heterocycles. The van der Waals surface area contributed by atoms with Crippen molar-refractivity contribution in [2.24, 2.45) is 40.4 Å². The lowest BCUT2D eigenvalue weighted by molar-refractivity contribution is -0.315. The van der Waals surface area contributed by atoms with Gasteiger partial charge in [-0.25, -0.2) is 0 Å². The average Bonchev–Trinajstić information content (AvgIpc) is 3.54. The Kier molecular flexibility index (Phi) is 9.79. The van der Waals surface area contributed by atoms with E-state index in [1.807, 2.05) is 6.92 Å². The average molecular weight is 703 g/mol. The van der Waals surface area contributed by atoms with Crippen molar-refractivity contribution in [3.63, 3.8) is 0 Å². The monoisotopic (exact) mass is 702 g/mol. The second-order valence-electron chi connectivity index (χ2n) is 16.0. The van der Waals surface area contributed by atoms with Crippen LogP contribution in [0.5, 0.6) is 0 Å². The van der Waals surface area contributed by atoms with Crippen LogP contribution in [0.25, 0.3) is 0 Å². The molecule has 49 heavy (non-hydrogen) atoms. The topological polar surface area (TPSA) is 256 Å². The van der Waals surface area contributed by atoms with Gasteiger partial charge in [0.05, 0.1) is 25.4 Å². The Labute approximate surface area is 285 Å². The van der Waals surface area contributed by atoms with E-state index in [-0.39, 0.29) is 30.5 Å². The second kappa shape index (κ2) is 12.8. The van der Waals surface area contributed by atoms with E-state index in [1.54, 1.807) is 7.11 Å². The maximum Gasteiger partial charge on any atom is 0.196 e. The lowest BCUT2D eigenvalue weighted by Gasteiger charge is -2.66. The number of hydrogen-bond acceptors (Lipinski definition) is 15. The van der Waals surface area contributed by atoms with Gasteiger partial charge in [-0.2, -0.15) is 0 Å². The number of carbonyl (C=O) groups is 1. The molecule has 4 saturated carbocycles. The summed E-state index contributed by atoms with van der Waals surface area (Å²) in [4.78, 5) is 13.8. The van der Waals surface area contributed by atoms with E-state index >= 15 is 0 Å². The molecule has 6 rings (SSSR count). The zero-order chi connectivity index (χ0) is 36.2. The summed E-state index contributed by atoms with van der Waals surface area (Å²) in [5.74, 6) is -3.93. The Morgan fingerprint density at radius 2 is 1.61 bits per heavy atom. The Bertz CT molecular complexity index is 1280. The summed E-state index contributed by atoms with van der Waals surface area (Å²) in [6.45, 7) is 9.08. The van der Waals surface area contributed by atoms with Crippen molar-refractivity contribution < 1.29 is 74.8 Å². The Morgan fingerprint density at radius 1 is 0.959 bits per heavy atom. The van der Waals surface area contributed by atoms with Gasteiger partial charge in [-0.05, 0) is 54.8 Å². The fourth-order valence-electron chi connectivity index (χ4n) is 11.3. The van der Waals surface area contributed by atoms with Crippen molar-refractivity contribution in [3.8, 4) is 0 Å². The SMILES string of the molecule is C=C(CC[C@@]1(OC)O[C@H]2C[C@H]3[C@@H]4[C@H](O)C(=O)[C@]5(O)[C@@H](O)[C@@H](O)[C@@H](O)[C@@H](O)[C@]5(C)[C@H]4CC[C@]3(C)[C@H]2[C@@H]1C)CO[C@@H]1O[C@H](CO)[C@@H](O)[C@H](O)[C@H]1O. The number of aliphatic hydroxyl groups is 10. The van der Waals surface area contributed by atoms with E-state index in [0.717, 1.165) is 0 Å². The van der Waals surface area contributed by atoms with Crippen LogP contribution in [0.2, 0.25) is 0 Å². The van der Waals surface area contributed by atoms with E-state index in [1.165, 1.54) is 6.92 Å². The van der Waals surface area contributed by atoms with Crippen LogP contribution in [0, 0.1) is 40.4 Å². The molecule has 0 amide bonds. The van der Waals surface area contributed by atoms with Gasteiger partial charge >= 0.3 is 0 Å². The van der Waals surface area contributed by atoms with Crippen molar-refractivity contribution in [1.29, 1.82) is 0 Å². The summed E-state index contributed by atoms with van der Waals surface area (Å²) in [7, 11) is 1.57. The lowest BCUT2D eigenvalue weighted by Crippen LogP contribution is -2.82. The predicted molar refractivity (Wildman–Crippen MR) is 166 cm³/mol. The van der Waals surface area contributed by atoms with Crippen LogP contribution in [0.15, 0.2) is 12.2 Å². The van der Waals surface area contributed by atoms with Crippen LogP contribution in [-0.4, -0.2) is 156 Å². The Hall–Kier alpha value is -1.15. The van der Waals surface area contributed by atoms with Crippen LogP contribution in [0.1, 0.15) is 52.9 Å². The minimum Gasteiger partial charge on any atom is -0.394 e. The molecule has 2 heterocycles. The number of aliphatic hydroxyl groups excluding tert-OH is 9. The van der Waals surface area contributed by atoms with E-state index in [9.17, 15) is 55.9 Å². The molecule has 20 atom stereocenters. The third-order valence-electron chi connectivity index (χ3n) is 14.1. The zero-order valence-corrected chi connectivity index (χ0v) is 28.4. The van der Waals surface area contributed by atoms with Crippen molar-refractivity contribution in [1.82, 2.24) is 0 Å². The first-order valence-electron chi connectivity index (χ1n) is 17.4. The van der Waals surface area contributed by atoms with Crippen molar-refractivity contribution >= 4 is 5.78 Å².